The van der Waals surface area contributed by atoms with Gasteiger partial charge in [-0.3, -0.25) is 9.78 Å². The minimum absolute atomic E-state index is 0.00446. The van der Waals surface area contributed by atoms with Gasteiger partial charge in [-0.2, -0.15) is 18.3 Å². The number of oxime groups is 1. The molecule has 7 nitrogen and oxygen atoms in total. The summed E-state index contributed by atoms with van der Waals surface area (Å²) in [7, 11) is 0. The lowest BCUT2D eigenvalue weighted by molar-refractivity contribution is -0.136. The summed E-state index contributed by atoms with van der Waals surface area (Å²) < 4.78 is 37.8. The molecule has 0 aliphatic rings. The molecule has 0 N–H and O–H groups in total. The average molecular weight is 460 g/mol. The van der Waals surface area contributed by atoms with Crippen LogP contribution in [0.15, 0.2) is 35.9 Å². The maximum Gasteiger partial charge on any atom is 0.389 e. The monoisotopic (exact) mass is 459 g/mol. The summed E-state index contributed by atoms with van der Waals surface area (Å²) in [6.07, 6.45) is 0.755. The van der Waals surface area contributed by atoms with Crippen LogP contribution in [0.2, 0.25) is 5.15 Å². The Bertz CT molecular complexity index is 871. The Balaban J connectivity index is 1.86. The Hall–Kier alpha value is -2.62. The van der Waals surface area contributed by atoms with Crippen LogP contribution in [0.4, 0.5) is 18.9 Å². The molecule has 0 saturated carbocycles. The summed E-state index contributed by atoms with van der Waals surface area (Å²) in [6.45, 7) is 4.04. The van der Waals surface area contributed by atoms with Gasteiger partial charge in [-0.1, -0.05) is 16.8 Å². The highest BCUT2D eigenvalue weighted by molar-refractivity contribution is 6.32. The van der Waals surface area contributed by atoms with E-state index in [0.29, 0.717) is 24.4 Å². The second-order valence-corrected chi connectivity index (χ2v) is 7.19. The number of carbonyl (C=O) groups is 1. The van der Waals surface area contributed by atoms with Crippen LogP contribution < -0.4 is 4.90 Å². The van der Waals surface area contributed by atoms with Crippen molar-refractivity contribution in [3.8, 4) is 5.69 Å². The molecule has 0 aliphatic carbocycles. The third kappa shape index (κ3) is 8.20. The number of nitrogens with zero attached hydrogens (tertiary/aromatic N) is 5. The molecule has 0 spiro atoms. The predicted molar refractivity (Wildman–Crippen MR) is 113 cm³/mol. The van der Waals surface area contributed by atoms with Crippen molar-refractivity contribution in [2.75, 3.05) is 18.1 Å². The molecule has 0 bridgehead atoms. The number of amides is 1. The Morgan fingerprint density at radius 3 is 2.74 bits per heavy atom. The standard InChI is InChI=1S/C20H25ClF3N5O2/c1-3-28(17-14-29(26-19(17)21)16-7-6-11-25-13-16)18(30)9-8-15(2)27-31-12-5-4-10-20(22,23)24/h6-7,11,13-14H,3-5,8-10,12H2,1-2H3. The highest BCUT2D eigenvalue weighted by Gasteiger charge is 2.25. The van der Waals surface area contributed by atoms with Crippen molar-refractivity contribution in [2.24, 2.45) is 5.16 Å². The van der Waals surface area contributed by atoms with E-state index in [1.807, 2.05) is 13.0 Å². The van der Waals surface area contributed by atoms with Gasteiger partial charge in [-0.25, -0.2) is 4.68 Å². The fourth-order valence-corrected chi connectivity index (χ4v) is 2.98. The summed E-state index contributed by atoms with van der Waals surface area (Å²) >= 11 is 6.25. The summed E-state index contributed by atoms with van der Waals surface area (Å²) in [5.74, 6) is -0.158. The first-order valence-electron chi connectivity index (χ1n) is 9.89. The number of halogens is 4. The predicted octanol–water partition coefficient (Wildman–Crippen LogP) is 5.18. The number of alkyl halides is 3. The third-order valence-corrected chi connectivity index (χ3v) is 4.61. The minimum Gasteiger partial charge on any atom is -0.396 e. The van der Waals surface area contributed by atoms with E-state index in [4.69, 9.17) is 16.4 Å². The lowest BCUT2D eigenvalue weighted by Crippen LogP contribution is -2.30. The number of unbranched alkanes of at least 4 members (excludes halogenated alkanes) is 1. The number of pyridine rings is 1. The highest BCUT2D eigenvalue weighted by atomic mass is 35.5. The van der Waals surface area contributed by atoms with E-state index in [2.05, 4.69) is 15.2 Å². The summed E-state index contributed by atoms with van der Waals surface area (Å²) in [6, 6.07) is 3.59. The molecule has 170 valence electrons. The molecule has 2 aromatic rings. The second kappa shape index (κ2) is 11.7. The van der Waals surface area contributed by atoms with Crippen LogP contribution in [-0.4, -0.2) is 45.7 Å². The first-order valence-corrected chi connectivity index (χ1v) is 10.3. The SMILES string of the molecule is CCN(C(=O)CCC(C)=NOCCCCC(F)(F)F)c1cn(-c2cccnc2)nc1Cl. The van der Waals surface area contributed by atoms with Crippen LogP contribution in [-0.2, 0) is 9.63 Å². The van der Waals surface area contributed by atoms with Crippen molar-refractivity contribution in [3.05, 3.63) is 35.9 Å². The number of hydrogen-bond acceptors (Lipinski definition) is 5. The number of carbonyl (C=O) groups excluding carboxylic acids is 1. The zero-order valence-corrected chi connectivity index (χ0v) is 18.2. The van der Waals surface area contributed by atoms with Gasteiger partial charge in [-0.15, -0.1) is 0 Å². The van der Waals surface area contributed by atoms with Crippen molar-refractivity contribution < 1.29 is 22.8 Å². The van der Waals surface area contributed by atoms with E-state index >= 15 is 0 Å². The lowest BCUT2D eigenvalue weighted by Gasteiger charge is -2.19. The summed E-state index contributed by atoms with van der Waals surface area (Å²) in [5.41, 5.74) is 1.79. The van der Waals surface area contributed by atoms with Gasteiger partial charge < -0.3 is 9.74 Å². The average Bonchev–Trinajstić information content (AvgIpc) is 3.11. The van der Waals surface area contributed by atoms with E-state index in [-0.39, 0.29) is 36.9 Å². The fraction of sp³-hybridized carbons (Fsp3) is 0.500. The quantitative estimate of drug-likeness (QED) is 0.264. The smallest absolute Gasteiger partial charge is 0.389 e. The number of aromatic nitrogens is 3. The molecule has 0 unspecified atom stereocenters. The van der Waals surface area contributed by atoms with Gasteiger partial charge >= 0.3 is 6.18 Å². The Morgan fingerprint density at radius 1 is 1.32 bits per heavy atom. The second-order valence-electron chi connectivity index (χ2n) is 6.83. The van der Waals surface area contributed by atoms with Crippen LogP contribution in [0.25, 0.3) is 5.69 Å². The fourth-order valence-electron chi connectivity index (χ4n) is 2.74. The van der Waals surface area contributed by atoms with Crippen molar-refractivity contribution in [1.29, 1.82) is 0 Å². The molecule has 0 aromatic carbocycles. The topological polar surface area (TPSA) is 72.6 Å². The molecule has 0 aliphatic heterocycles. The minimum atomic E-state index is -4.15. The van der Waals surface area contributed by atoms with Crippen LogP contribution in [0.3, 0.4) is 0 Å². The molecule has 1 amide bonds. The third-order valence-electron chi connectivity index (χ3n) is 4.34. The highest BCUT2D eigenvalue weighted by Crippen LogP contribution is 2.26. The molecule has 2 aromatic heterocycles. The van der Waals surface area contributed by atoms with E-state index < -0.39 is 12.6 Å². The number of rotatable bonds is 11. The van der Waals surface area contributed by atoms with Gasteiger partial charge in [0, 0.05) is 25.6 Å². The van der Waals surface area contributed by atoms with Gasteiger partial charge in [0.05, 0.1) is 23.8 Å². The van der Waals surface area contributed by atoms with Crippen molar-refractivity contribution >= 4 is 28.9 Å². The molecular weight excluding hydrogens is 435 g/mol. The molecular formula is C20H25ClF3N5O2. The maximum absolute atomic E-state index is 12.7. The molecule has 0 fully saturated rings. The van der Waals surface area contributed by atoms with Gasteiger partial charge in [-0.05, 0) is 45.2 Å². The Kier molecular flexibility index (Phi) is 9.29. The molecule has 2 heterocycles. The number of hydrogen-bond donors (Lipinski definition) is 0. The molecule has 0 radical (unpaired) electrons. The zero-order chi connectivity index (χ0) is 22.9. The van der Waals surface area contributed by atoms with Crippen molar-refractivity contribution in [1.82, 2.24) is 14.8 Å². The summed E-state index contributed by atoms with van der Waals surface area (Å²) in [5, 5.41) is 8.31. The van der Waals surface area contributed by atoms with Crippen LogP contribution in [0.1, 0.15) is 46.0 Å². The molecule has 0 saturated heterocycles. The van der Waals surface area contributed by atoms with E-state index in [1.165, 1.54) is 4.90 Å². The zero-order valence-electron chi connectivity index (χ0n) is 17.4. The molecule has 31 heavy (non-hydrogen) atoms. The summed E-state index contributed by atoms with van der Waals surface area (Å²) in [4.78, 5) is 23.3. The van der Waals surface area contributed by atoms with Gasteiger partial charge in [0.2, 0.25) is 5.91 Å². The molecule has 11 heteroatoms. The van der Waals surface area contributed by atoms with Crippen LogP contribution in [0, 0.1) is 0 Å². The largest absolute Gasteiger partial charge is 0.396 e. The van der Waals surface area contributed by atoms with Crippen LogP contribution in [0.5, 0.6) is 0 Å². The van der Waals surface area contributed by atoms with Gasteiger partial charge in [0.1, 0.15) is 12.3 Å². The van der Waals surface area contributed by atoms with Crippen molar-refractivity contribution in [2.45, 2.75) is 52.1 Å². The normalized spacial score (nSPS) is 12.1. The lowest BCUT2D eigenvalue weighted by atomic mass is 10.2. The van der Waals surface area contributed by atoms with E-state index in [9.17, 15) is 18.0 Å². The number of anilines is 1. The Morgan fingerprint density at radius 2 is 2.10 bits per heavy atom. The van der Waals surface area contributed by atoms with Crippen LogP contribution >= 0.6 is 11.6 Å². The molecule has 2 rings (SSSR count). The first kappa shape index (κ1) is 24.6. The van der Waals surface area contributed by atoms with Gasteiger partial charge in [0.15, 0.2) is 5.15 Å². The first-order chi connectivity index (χ1) is 14.7. The van der Waals surface area contributed by atoms with Gasteiger partial charge in [0.25, 0.3) is 0 Å². The van der Waals surface area contributed by atoms with E-state index in [1.54, 1.807) is 36.3 Å². The molecule has 0 atom stereocenters. The van der Waals surface area contributed by atoms with Crippen molar-refractivity contribution in [3.63, 3.8) is 0 Å². The maximum atomic E-state index is 12.7. The van der Waals surface area contributed by atoms with E-state index in [0.717, 1.165) is 5.69 Å². The Labute approximate surface area is 183 Å².